The third-order valence-electron chi connectivity index (χ3n) is 5.44. The molecule has 3 heterocycles. The van der Waals surface area contributed by atoms with E-state index < -0.39 is 18.0 Å². The Morgan fingerprint density at radius 2 is 1.83 bits per heavy atom. The molecule has 1 atom stereocenters. The van der Waals surface area contributed by atoms with Gasteiger partial charge in [-0.25, -0.2) is 24.7 Å². The monoisotopic (exact) mass is 468 g/mol. The minimum absolute atomic E-state index is 0.247. The standard InChI is InChI=1S/C25H20N6O4/c1-14(24(32)31-23-21-22(27-12-26-21)28-13-29-23)35-25(33)18-11-20(15-7-9-16(34-2)10-8-15)30-19-6-4-3-5-17(18)19/h3-14H,1-2H3,(H2,26,27,28,29,31,32). The van der Waals surface area contributed by atoms with Crippen LogP contribution in [0.2, 0.25) is 0 Å². The van der Waals surface area contributed by atoms with Crippen molar-refractivity contribution in [3.05, 3.63) is 72.8 Å². The Morgan fingerprint density at radius 3 is 2.63 bits per heavy atom. The number of benzene rings is 2. The van der Waals surface area contributed by atoms with Crippen molar-refractivity contribution in [1.29, 1.82) is 0 Å². The smallest absolute Gasteiger partial charge is 0.339 e. The van der Waals surface area contributed by atoms with Crippen LogP contribution in [0.1, 0.15) is 17.3 Å². The first-order valence-corrected chi connectivity index (χ1v) is 10.7. The lowest BCUT2D eigenvalue weighted by Crippen LogP contribution is -2.30. The molecule has 1 amide bonds. The first kappa shape index (κ1) is 22.0. The number of H-pyrrole nitrogens is 1. The Labute approximate surface area is 199 Å². The summed E-state index contributed by atoms with van der Waals surface area (Å²) in [6.07, 6.45) is 1.65. The molecular formula is C25H20N6O4. The van der Waals surface area contributed by atoms with E-state index in [1.165, 1.54) is 19.6 Å². The van der Waals surface area contributed by atoms with Crippen molar-refractivity contribution in [1.82, 2.24) is 24.9 Å². The number of nitrogens with zero attached hydrogens (tertiary/aromatic N) is 4. The summed E-state index contributed by atoms with van der Waals surface area (Å²) < 4.78 is 10.8. The molecule has 5 aromatic rings. The summed E-state index contributed by atoms with van der Waals surface area (Å²) in [5.41, 5.74) is 3.23. The van der Waals surface area contributed by atoms with Crippen LogP contribution in [0.5, 0.6) is 5.75 Å². The molecule has 0 saturated heterocycles. The average molecular weight is 468 g/mol. The van der Waals surface area contributed by atoms with Crippen LogP contribution < -0.4 is 10.1 Å². The second-order valence-electron chi connectivity index (χ2n) is 7.66. The Hall–Kier alpha value is -4.86. The molecule has 5 rings (SSSR count). The van der Waals surface area contributed by atoms with E-state index in [-0.39, 0.29) is 5.82 Å². The maximum absolute atomic E-state index is 13.2. The highest BCUT2D eigenvalue weighted by molar-refractivity contribution is 6.06. The number of imidazole rings is 1. The highest BCUT2D eigenvalue weighted by Crippen LogP contribution is 2.27. The quantitative estimate of drug-likeness (QED) is 0.360. The van der Waals surface area contributed by atoms with Gasteiger partial charge in [0.15, 0.2) is 17.6 Å². The number of ether oxygens (including phenoxy) is 2. The molecule has 3 aromatic heterocycles. The molecule has 0 spiro atoms. The predicted molar refractivity (Wildman–Crippen MR) is 129 cm³/mol. The number of anilines is 1. The number of aromatic nitrogens is 5. The van der Waals surface area contributed by atoms with Crippen molar-refractivity contribution in [2.45, 2.75) is 13.0 Å². The van der Waals surface area contributed by atoms with Crippen LogP contribution in [0.15, 0.2) is 67.3 Å². The van der Waals surface area contributed by atoms with Gasteiger partial charge in [0.1, 0.15) is 17.6 Å². The Bertz CT molecular complexity index is 1550. The third kappa shape index (κ3) is 4.36. The number of carbonyl (C=O) groups is 2. The van der Waals surface area contributed by atoms with Crippen LogP contribution in [-0.2, 0) is 9.53 Å². The molecule has 0 saturated carbocycles. The minimum Gasteiger partial charge on any atom is -0.497 e. The second-order valence-corrected chi connectivity index (χ2v) is 7.66. The van der Waals surface area contributed by atoms with Gasteiger partial charge in [0.05, 0.1) is 30.2 Å². The molecule has 2 N–H and O–H groups in total. The van der Waals surface area contributed by atoms with Crippen LogP contribution in [0, 0.1) is 0 Å². The number of aromatic amines is 1. The van der Waals surface area contributed by atoms with E-state index in [4.69, 9.17) is 9.47 Å². The molecule has 0 aliphatic carbocycles. The fourth-order valence-electron chi connectivity index (χ4n) is 3.61. The zero-order valence-corrected chi connectivity index (χ0v) is 18.9. The van der Waals surface area contributed by atoms with Crippen LogP contribution in [0.25, 0.3) is 33.3 Å². The first-order valence-electron chi connectivity index (χ1n) is 10.7. The first-order chi connectivity index (χ1) is 17.0. The zero-order valence-electron chi connectivity index (χ0n) is 18.9. The van der Waals surface area contributed by atoms with Crippen molar-refractivity contribution in [3.8, 4) is 17.0 Å². The van der Waals surface area contributed by atoms with E-state index in [1.807, 2.05) is 42.5 Å². The van der Waals surface area contributed by atoms with Gasteiger partial charge >= 0.3 is 5.97 Å². The number of para-hydroxylation sites is 1. The summed E-state index contributed by atoms with van der Waals surface area (Å²) in [4.78, 5) is 45.6. The predicted octanol–water partition coefficient (Wildman–Crippen LogP) is 3.76. The van der Waals surface area contributed by atoms with Gasteiger partial charge in [-0.05, 0) is 43.3 Å². The molecule has 0 fully saturated rings. The molecule has 1 unspecified atom stereocenters. The molecule has 35 heavy (non-hydrogen) atoms. The SMILES string of the molecule is COc1ccc(-c2cc(C(=O)OC(C)C(=O)Nc3ncnc4nc[nH]c34)c3ccccc3n2)cc1. The Morgan fingerprint density at radius 1 is 1.03 bits per heavy atom. The molecule has 0 aliphatic rings. The van der Waals surface area contributed by atoms with Gasteiger partial charge in [0.2, 0.25) is 0 Å². The topological polar surface area (TPSA) is 132 Å². The molecule has 0 aliphatic heterocycles. The van der Waals surface area contributed by atoms with Crippen molar-refractivity contribution < 1.29 is 19.1 Å². The largest absolute Gasteiger partial charge is 0.497 e. The number of esters is 1. The summed E-state index contributed by atoms with van der Waals surface area (Å²) in [5.74, 6) is -0.223. The fraction of sp³-hybridized carbons (Fsp3) is 0.120. The number of hydrogen-bond donors (Lipinski definition) is 2. The third-order valence-corrected chi connectivity index (χ3v) is 5.44. The van der Waals surface area contributed by atoms with Gasteiger partial charge < -0.3 is 19.8 Å². The number of hydrogen-bond acceptors (Lipinski definition) is 8. The average Bonchev–Trinajstić information content (AvgIpc) is 3.38. The summed E-state index contributed by atoms with van der Waals surface area (Å²) in [6.45, 7) is 1.49. The van der Waals surface area contributed by atoms with E-state index in [1.54, 1.807) is 19.2 Å². The van der Waals surface area contributed by atoms with Crippen molar-refractivity contribution in [3.63, 3.8) is 0 Å². The highest BCUT2D eigenvalue weighted by Gasteiger charge is 2.23. The summed E-state index contributed by atoms with van der Waals surface area (Å²) >= 11 is 0. The normalized spacial score (nSPS) is 11.8. The van der Waals surface area contributed by atoms with E-state index >= 15 is 0 Å². The van der Waals surface area contributed by atoms with Crippen LogP contribution in [-0.4, -0.2) is 50.0 Å². The lowest BCUT2D eigenvalue weighted by Gasteiger charge is -2.15. The molecule has 10 heteroatoms. The van der Waals surface area contributed by atoms with E-state index in [0.29, 0.717) is 39.1 Å². The van der Waals surface area contributed by atoms with Gasteiger partial charge in [0, 0.05) is 10.9 Å². The van der Waals surface area contributed by atoms with Gasteiger partial charge in [-0.1, -0.05) is 18.2 Å². The molecule has 0 bridgehead atoms. The summed E-state index contributed by atoms with van der Waals surface area (Å²) in [7, 11) is 1.59. The van der Waals surface area contributed by atoms with Crippen molar-refractivity contribution >= 4 is 39.8 Å². The molecule has 10 nitrogen and oxygen atoms in total. The maximum atomic E-state index is 13.2. The van der Waals surface area contributed by atoms with Gasteiger partial charge in [0.25, 0.3) is 5.91 Å². The number of pyridine rings is 1. The second kappa shape index (κ2) is 9.18. The molecule has 0 radical (unpaired) electrons. The lowest BCUT2D eigenvalue weighted by atomic mass is 10.0. The summed E-state index contributed by atoms with van der Waals surface area (Å²) in [5, 5.41) is 3.27. The molecule has 174 valence electrons. The zero-order chi connectivity index (χ0) is 24.4. The maximum Gasteiger partial charge on any atom is 0.339 e. The number of methoxy groups -OCH3 is 1. The lowest BCUT2D eigenvalue weighted by molar-refractivity contribution is -0.123. The Balaban J connectivity index is 1.41. The van der Waals surface area contributed by atoms with Crippen LogP contribution in [0.4, 0.5) is 5.82 Å². The van der Waals surface area contributed by atoms with Gasteiger partial charge in [-0.15, -0.1) is 0 Å². The number of amides is 1. The van der Waals surface area contributed by atoms with Gasteiger partial charge in [-0.2, -0.15) is 0 Å². The van der Waals surface area contributed by atoms with E-state index in [2.05, 4.69) is 30.2 Å². The molecular weight excluding hydrogens is 448 g/mol. The van der Waals surface area contributed by atoms with Gasteiger partial charge in [-0.3, -0.25) is 4.79 Å². The summed E-state index contributed by atoms with van der Waals surface area (Å²) in [6, 6.07) is 16.3. The highest BCUT2D eigenvalue weighted by atomic mass is 16.5. The van der Waals surface area contributed by atoms with Crippen molar-refractivity contribution in [2.24, 2.45) is 0 Å². The van der Waals surface area contributed by atoms with Crippen molar-refractivity contribution in [2.75, 3.05) is 12.4 Å². The fourth-order valence-corrected chi connectivity index (χ4v) is 3.61. The Kier molecular flexibility index (Phi) is 5.76. The number of nitrogens with one attached hydrogen (secondary N) is 2. The van der Waals surface area contributed by atoms with Crippen LogP contribution in [0.3, 0.4) is 0 Å². The number of carbonyl (C=O) groups excluding carboxylic acids is 2. The van der Waals surface area contributed by atoms with Crippen LogP contribution >= 0.6 is 0 Å². The molecule has 2 aromatic carbocycles. The van der Waals surface area contributed by atoms with E-state index in [0.717, 1.165) is 5.56 Å². The number of fused-ring (bicyclic) bond motifs is 2. The van der Waals surface area contributed by atoms with E-state index in [9.17, 15) is 9.59 Å². The minimum atomic E-state index is -1.09. The number of rotatable bonds is 6.